The van der Waals surface area contributed by atoms with Crippen LogP contribution in [-0.4, -0.2) is 16.0 Å². The van der Waals surface area contributed by atoms with Crippen LogP contribution in [0.25, 0.3) is 17.4 Å². The van der Waals surface area contributed by atoms with Crippen molar-refractivity contribution in [3.8, 4) is 11.3 Å². The molecule has 9 heteroatoms. The first-order valence-corrected chi connectivity index (χ1v) is 9.97. The number of nitrogens with zero attached hydrogens (tertiary/aromatic N) is 2. The molecule has 0 bridgehead atoms. The van der Waals surface area contributed by atoms with Gasteiger partial charge in [-0.3, -0.25) is 25.2 Å². The maximum Gasteiger partial charge on any atom is 0.280 e. The van der Waals surface area contributed by atoms with Crippen LogP contribution in [0.15, 0.2) is 63.9 Å². The number of benzene rings is 2. The lowest BCUT2D eigenvalue weighted by Gasteiger charge is -2.15. The summed E-state index contributed by atoms with van der Waals surface area (Å²) in [6.07, 6.45) is 1.52. The van der Waals surface area contributed by atoms with E-state index < -0.39 is 4.92 Å². The number of nitrogens with one attached hydrogen (secondary N) is 1. The van der Waals surface area contributed by atoms with Crippen LogP contribution in [0, 0.1) is 22.4 Å². The van der Waals surface area contributed by atoms with E-state index in [-0.39, 0.29) is 16.8 Å². The molecule has 1 N–H and O–H groups in total. The summed E-state index contributed by atoms with van der Waals surface area (Å²) >= 11 is 7.16. The highest BCUT2D eigenvalue weighted by atomic mass is 35.5. The molecular weight excluding hydrogens is 426 g/mol. The smallest absolute Gasteiger partial charge is 0.280 e. The number of furan rings is 1. The van der Waals surface area contributed by atoms with Crippen molar-refractivity contribution in [1.29, 1.82) is 5.41 Å². The number of para-hydroxylation sites is 1. The lowest BCUT2D eigenvalue weighted by atomic mass is 10.1. The Balaban J connectivity index is 1.64. The highest BCUT2D eigenvalue weighted by molar-refractivity contribution is 8.19. The minimum Gasteiger partial charge on any atom is -0.456 e. The van der Waals surface area contributed by atoms with Gasteiger partial charge in [-0.2, -0.15) is 0 Å². The summed E-state index contributed by atoms with van der Waals surface area (Å²) in [5.74, 6) is 0.311. The molecule has 1 aromatic heterocycles. The summed E-state index contributed by atoms with van der Waals surface area (Å²) < 4.78 is 5.73. The summed E-state index contributed by atoms with van der Waals surface area (Å²) in [5, 5.41) is 20.0. The first kappa shape index (κ1) is 19.9. The van der Waals surface area contributed by atoms with E-state index in [9.17, 15) is 14.9 Å². The van der Waals surface area contributed by atoms with Gasteiger partial charge in [0.05, 0.1) is 21.1 Å². The second-order valence-electron chi connectivity index (χ2n) is 6.47. The number of nitro groups is 1. The number of nitro benzene ring substituents is 1. The van der Waals surface area contributed by atoms with Gasteiger partial charge in [-0.15, -0.1) is 0 Å². The van der Waals surface area contributed by atoms with E-state index in [4.69, 9.17) is 21.4 Å². The molecule has 7 nitrogen and oxygen atoms in total. The monoisotopic (exact) mass is 439 g/mol. The normalized spacial score (nSPS) is 15.3. The van der Waals surface area contributed by atoms with Gasteiger partial charge in [-0.05, 0) is 54.6 Å². The summed E-state index contributed by atoms with van der Waals surface area (Å²) in [4.78, 5) is 25.2. The predicted molar refractivity (Wildman–Crippen MR) is 118 cm³/mol. The Kier molecular flexibility index (Phi) is 5.19. The minimum absolute atomic E-state index is 0.0525. The summed E-state index contributed by atoms with van der Waals surface area (Å²) in [7, 11) is 0. The van der Waals surface area contributed by atoms with Gasteiger partial charge in [-0.1, -0.05) is 29.8 Å². The van der Waals surface area contributed by atoms with Gasteiger partial charge in [0.25, 0.3) is 11.6 Å². The van der Waals surface area contributed by atoms with E-state index in [0.29, 0.717) is 32.7 Å². The second kappa shape index (κ2) is 7.81. The molecule has 1 aliphatic rings. The standard InChI is InChI=1S/C21H14ClN3O4S/c1-12-6-7-13(10-16(12)22)24-20(26)19(30-21(24)23)11-14-8-9-18(29-14)15-4-2-3-5-17(15)25(27)28/h2-11,23H,1H3/b19-11-,23-21?. The van der Waals surface area contributed by atoms with E-state index in [1.54, 1.807) is 48.5 Å². The Morgan fingerprint density at radius 3 is 2.70 bits per heavy atom. The number of halogens is 1. The molecule has 0 spiro atoms. The van der Waals surface area contributed by atoms with E-state index >= 15 is 0 Å². The molecule has 1 fully saturated rings. The highest BCUT2D eigenvalue weighted by Gasteiger charge is 2.34. The fourth-order valence-electron chi connectivity index (χ4n) is 2.99. The maximum absolute atomic E-state index is 12.9. The van der Waals surface area contributed by atoms with Crippen LogP contribution in [0.3, 0.4) is 0 Å². The van der Waals surface area contributed by atoms with Crippen LogP contribution >= 0.6 is 23.4 Å². The Labute approximate surface area is 180 Å². The molecule has 1 saturated heterocycles. The fraction of sp³-hybridized carbons (Fsp3) is 0.0476. The summed E-state index contributed by atoms with van der Waals surface area (Å²) in [6, 6.07) is 14.7. The van der Waals surface area contributed by atoms with Crippen LogP contribution < -0.4 is 4.90 Å². The van der Waals surface area contributed by atoms with Crippen molar-refractivity contribution in [1.82, 2.24) is 0 Å². The molecule has 2 heterocycles. The molecular formula is C21H14ClN3O4S. The van der Waals surface area contributed by atoms with Crippen molar-refractivity contribution < 1.29 is 14.1 Å². The first-order chi connectivity index (χ1) is 14.3. The van der Waals surface area contributed by atoms with E-state index in [0.717, 1.165) is 17.3 Å². The zero-order valence-electron chi connectivity index (χ0n) is 15.6. The lowest BCUT2D eigenvalue weighted by molar-refractivity contribution is -0.384. The molecule has 0 aliphatic carbocycles. The van der Waals surface area contributed by atoms with Crippen molar-refractivity contribution in [2.45, 2.75) is 6.92 Å². The zero-order chi connectivity index (χ0) is 21.4. The Morgan fingerprint density at radius 2 is 1.97 bits per heavy atom. The average Bonchev–Trinajstić information content (AvgIpc) is 3.29. The van der Waals surface area contributed by atoms with Crippen LogP contribution in [0.2, 0.25) is 5.02 Å². The number of carbonyl (C=O) groups is 1. The van der Waals surface area contributed by atoms with E-state index in [1.807, 2.05) is 6.92 Å². The number of amides is 1. The fourth-order valence-corrected chi connectivity index (χ4v) is 4.00. The largest absolute Gasteiger partial charge is 0.456 e. The number of rotatable bonds is 4. The molecule has 150 valence electrons. The van der Waals surface area contributed by atoms with Crippen molar-refractivity contribution in [3.05, 3.63) is 86.0 Å². The summed E-state index contributed by atoms with van der Waals surface area (Å²) in [6.45, 7) is 1.86. The third-order valence-electron chi connectivity index (χ3n) is 4.50. The number of anilines is 1. The molecule has 2 aromatic carbocycles. The number of amidine groups is 1. The van der Waals surface area contributed by atoms with E-state index in [2.05, 4.69) is 0 Å². The zero-order valence-corrected chi connectivity index (χ0v) is 17.2. The van der Waals surface area contributed by atoms with E-state index in [1.165, 1.54) is 17.0 Å². The molecule has 3 aromatic rings. The molecule has 1 aliphatic heterocycles. The molecule has 4 rings (SSSR count). The van der Waals surface area contributed by atoms with Gasteiger partial charge >= 0.3 is 0 Å². The van der Waals surface area contributed by atoms with Gasteiger partial charge in [0.1, 0.15) is 11.5 Å². The number of carbonyl (C=O) groups excluding carboxylic acids is 1. The summed E-state index contributed by atoms with van der Waals surface area (Å²) in [5.41, 5.74) is 1.67. The van der Waals surface area contributed by atoms with Gasteiger partial charge in [0.2, 0.25) is 0 Å². The van der Waals surface area contributed by atoms with Crippen LogP contribution in [0.5, 0.6) is 0 Å². The van der Waals surface area contributed by atoms with Gasteiger partial charge in [0.15, 0.2) is 5.17 Å². The van der Waals surface area contributed by atoms with Gasteiger partial charge in [-0.25, -0.2) is 0 Å². The van der Waals surface area contributed by atoms with Crippen molar-refractivity contribution in [2.75, 3.05) is 4.90 Å². The third kappa shape index (κ3) is 3.62. The lowest BCUT2D eigenvalue weighted by Crippen LogP contribution is -2.28. The number of thioether (sulfide) groups is 1. The molecule has 0 radical (unpaired) electrons. The van der Waals surface area contributed by atoms with Crippen LogP contribution in [0.1, 0.15) is 11.3 Å². The Morgan fingerprint density at radius 1 is 1.20 bits per heavy atom. The number of hydrogen-bond acceptors (Lipinski definition) is 6. The van der Waals surface area contributed by atoms with Crippen molar-refractivity contribution in [3.63, 3.8) is 0 Å². The minimum atomic E-state index is -0.474. The van der Waals surface area contributed by atoms with Crippen molar-refractivity contribution >= 4 is 51.9 Å². The third-order valence-corrected chi connectivity index (χ3v) is 5.80. The molecule has 1 amide bonds. The van der Waals surface area contributed by atoms with Gasteiger partial charge < -0.3 is 4.42 Å². The second-order valence-corrected chi connectivity index (χ2v) is 7.90. The number of aryl methyl sites for hydroxylation is 1. The SMILES string of the molecule is Cc1ccc(N2C(=N)S/C(=C\c3ccc(-c4ccccc4[N+](=O)[O-])o3)C2=O)cc1Cl. The Hall–Kier alpha value is -3.36. The molecule has 30 heavy (non-hydrogen) atoms. The molecule has 0 unspecified atom stereocenters. The molecule has 0 saturated carbocycles. The predicted octanol–water partition coefficient (Wildman–Crippen LogP) is 5.87. The maximum atomic E-state index is 12.9. The first-order valence-electron chi connectivity index (χ1n) is 8.77. The number of hydrogen-bond donors (Lipinski definition) is 1. The quantitative estimate of drug-likeness (QED) is 0.311. The van der Waals surface area contributed by atoms with Crippen molar-refractivity contribution in [2.24, 2.45) is 0 Å². The Bertz CT molecular complexity index is 1230. The molecule has 0 atom stereocenters. The topological polar surface area (TPSA) is 100 Å². The van der Waals surface area contributed by atoms with Crippen LogP contribution in [-0.2, 0) is 4.79 Å². The highest BCUT2D eigenvalue weighted by Crippen LogP contribution is 2.37. The average molecular weight is 440 g/mol. The van der Waals surface area contributed by atoms with Gasteiger partial charge in [0, 0.05) is 17.2 Å². The van der Waals surface area contributed by atoms with Crippen LogP contribution in [0.4, 0.5) is 11.4 Å².